The molecule has 0 saturated carbocycles. The van der Waals surface area contributed by atoms with Crippen LogP contribution in [0.25, 0.3) is 0 Å². The van der Waals surface area contributed by atoms with E-state index in [-0.39, 0.29) is 24.6 Å². The molecule has 0 N–H and O–H groups in total. The van der Waals surface area contributed by atoms with Crippen molar-refractivity contribution >= 4 is 23.6 Å². The Bertz CT molecular complexity index is 804. The molecule has 0 spiro atoms. The van der Waals surface area contributed by atoms with E-state index in [4.69, 9.17) is 9.47 Å². The highest BCUT2D eigenvalue weighted by molar-refractivity contribution is 5.94. The summed E-state index contributed by atoms with van der Waals surface area (Å²) in [5.41, 5.74) is 0.0701. The van der Waals surface area contributed by atoms with Crippen LogP contribution in [0.1, 0.15) is 0 Å². The minimum absolute atomic E-state index is 0.0350. The van der Waals surface area contributed by atoms with Gasteiger partial charge in [0.15, 0.2) is 0 Å². The molecule has 2 heterocycles. The van der Waals surface area contributed by atoms with Crippen LogP contribution in [0.3, 0.4) is 0 Å². The van der Waals surface area contributed by atoms with Crippen molar-refractivity contribution in [3.05, 3.63) is 60.2 Å². The summed E-state index contributed by atoms with van der Waals surface area (Å²) in [6.45, 7) is -0.140. The van der Waals surface area contributed by atoms with E-state index in [9.17, 15) is 18.4 Å². The summed E-state index contributed by atoms with van der Waals surface area (Å²) in [5, 5.41) is 0. The van der Waals surface area contributed by atoms with Crippen LogP contribution in [0.5, 0.6) is 0 Å². The quantitative estimate of drug-likeness (QED) is 0.843. The van der Waals surface area contributed by atoms with E-state index >= 15 is 0 Å². The summed E-state index contributed by atoms with van der Waals surface area (Å²) in [6, 6.07) is 10.1. The second kappa shape index (κ2) is 6.29. The van der Waals surface area contributed by atoms with E-state index in [0.29, 0.717) is 0 Å². The van der Waals surface area contributed by atoms with Gasteiger partial charge in [0, 0.05) is 0 Å². The Kier molecular flexibility index (Phi) is 3.95. The maximum Gasteiger partial charge on any atom is 0.414 e. The van der Waals surface area contributed by atoms with Crippen molar-refractivity contribution in [3.63, 3.8) is 0 Å². The van der Waals surface area contributed by atoms with Gasteiger partial charge in [-0.1, -0.05) is 24.3 Å². The van der Waals surface area contributed by atoms with Gasteiger partial charge in [-0.2, -0.15) is 0 Å². The van der Waals surface area contributed by atoms with Gasteiger partial charge in [-0.25, -0.2) is 18.4 Å². The van der Waals surface area contributed by atoms with Crippen molar-refractivity contribution < 1.29 is 27.8 Å². The van der Waals surface area contributed by atoms with E-state index in [1.54, 1.807) is 12.1 Å². The van der Waals surface area contributed by atoms with Gasteiger partial charge in [0.05, 0.1) is 23.5 Å². The predicted octanol–water partition coefficient (Wildman–Crippen LogP) is 3.32. The van der Waals surface area contributed by atoms with Crippen LogP contribution in [0.2, 0.25) is 0 Å². The minimum atomic E-state index is -0.729. The molecule has 2 aromatic carbocycles. The van der Waals surface area contributed by atoms with E-state index in [0.717, 1.165) is 9.80 Å². The van der Waals surface area contributed by atoms with Gasteiger partial charge in [0.2, 0.25) is 0 Å². The number of hydrogen-bond acceptors (Lipinski definition) is 4. The summed E-state index contributed by atoms with van der Waals surface area (Å²) in [7, 11) is 0. The molecule has 2 amide bonds. The molecule has 8 heteroatoms. The van der Waals surface area contributed by atoms with E-state index in [2.05, 4.69) is 0 Å². The Labute approximate surface area is 147 Å². The minimum Gasteiger partial charge on any atom is -0.447 e. The molecule has 0 radical (unpaired) electrons. The zero-order valence-corrected chi connectivity index (χ0v) is 13.5. The molecule has 6 nitrogen and oxygen atoms in total. The van der Waals surface area contributed by atoms with Gasteiger partial charge < -0.3 is 9.47 Å². The fraction of sp³-hybridized carbons (Fsp3) is 0.222. The molecule has 0 aliphatic carbocycles. The lowest BCUT2D eigenvalue weighted by Crippen LogP contribution is -2.51. The number of halogens is 2. The van der Waals surface area contributed by atoms with Crippen LogP contribution < -0.4 is 9.80 Å². The largest absolute Gasteiger partial charge is 0.447 e. The molecule has 0 bridgehead atoms. The molecule has 2 aliphatic heterocycles. The average molecular weight is 360 g/mol. The first kappa shape index (κ1) is 16.3. The number of amides is 2. The average Bonchev–Trinajstić information content (AvgIpc) is 3.19. The number of cyclic esters (lactones) is 2. The van der Waals surface area contributed by atoms with E-state index in [1.807, 2.05) is 0 Å². The smallest absolute Gasteiger partial charge is 0.414 e. The highest BCUT2D eigenvalue weighted by atomic mass is 19.1. The van der Waals surface area contributed by atoms with Gasteiger partial charge in [-0.3, -0.25) is 9.80 Å². The molecule has 26 heavy (non-hydrogen) atoms. The lowest BCUT2D eigenvalue weighted by Gasteiger charge is -2.30. The SMILES string of the molecule is O=C1OC[C@H]([C@H]2COC(=O)N2c2ccccc2F)N1c1ccccc1F. The number of hydrogen-bond donors (Lipinski definition) is 0. The van der Waals surface area contributed by atoms with Crippen LogP contribution in [-0.4, -0.2) is 37.5 Å². The number of nitrogens with zero attached hydrogens (tertiary/aromatic N) is 2. The third-order valence-corrected chi connectivity index (χ3v) is 4.48. The molecule has 2 saturated heterocycles. The second-order valence-corrected chi connectivity index (χ2v) is 5.93. The highest BCUT2D eigenvalue weighted by Gasteiger charge is 2.48. The van der Waals surface area contributed by atoms with Crippen LogP contribution in [0.15, 0.2) is 48.5 Å². The molecular weight excluding hydrogens is 346 g/mol. The van der Waals surface area contributed by atoms with Gasteiger partial charge in [-0.05, 0) is 24.3 Å². The number of para-hydroxylation sites is 2. The first-order chi connectivity index (χ1) is 12.6. The predicted molar refractivity (Wildman–Crippen MR) is 88.0 cm³/mol. The zero-order chi connectivity index (χ0) is 18.3. The molecule has 2 aromatic rings. The Morgan fingerprint density at radius 2 is 1.12 bits per heavy atom. The Morgan fingerprint density at radius 1 is 0.731 bits per heavy atom. The van der Waals surface area contributed by atoms with Crippen LogP contribution in [-0.2, 0) is 9.47 Å². The van der Waals surface area contributed by atoms with Crippen molar-refractivity contribution in [1.29, 1.82) is 0 Å². The Balaban J connectivity index is 1.73. The number of anilines is 2. The van der Waals surface area contributed by atoms with Gasteiger partial charge in [0.1, 0.15) is 24.8 Å². The van der Waals surface area contributed by atoms with Crippen molar-refractivity contribution in [2.45, 2.75) is 12.1 Å². The summed E-state index contributed by atoms with van der Waals surface area (Å²) >= 11 is 0. The van der Waals surface area contributed by atoms with Gasteiger partial charge in [0.25, 0.3) is 0 Å². The molecule has 134 valence electrons. The van der Waals surface area contributed by atoms with Crippen LogP contribution in [0, 0.1) is 11.6 Å². The number of rotatable bonds is 3. The molecule has 2 aliphatic rings. The molecule has 0 aromatic heterocycles. The second-order valence-electron chi connectivity index (χ2n) is 5.93. The molecule has 2 fully saturated rings. The first-order valence-corrected chi connectivity index (χ1v) is 7.99. The number of carbonyl (C=O) groups excluding carboxylic acids is 2. The third-order valence-electron chi connectivity index (χ3n) is 4.48. The lowest BCUT2D eigenvalue weighted by atomic mass is 10.1. The molecule has 0 unspecified atom stereocenters. The number of benzene rings is 2. The fourth-order valence-corrected chi connectivity index (χ4v) is 3.29. The summed E-state index contributed by atoms with van der Waals surface area (Å²) < 4.78 is 38.6. The monoisotopic (exact) mass is 360 g/mol. The first-order valence-electron chi connectivity index (χ1n) is 7.99. The summed E-state index contributed by atoms with van der Waals surface area (Å²) in [4.78, 5) is 26.7. The van der Waals surface area contributed by atoms with E-state index in [1.165, 1.54) is 36.4 Å². The van der Waals surface area contributed by atoms with Crippen LogP contribution in [0.4, 0.5) is 29.7 Å². The van der Waals surface area contributed by atoms with Crippen molar-refractivity contribution in [2.24, 2.45) is 0 Å². The molecule has 4 rings (SSSR count). The maximum atomic E-state index is 14.2. The third kappa shape index (κ3) is 2.54. The fourth-order valence-electron chi connectivity index (χ4n) is 3.29. The van der Waals surface area contributed by atoms with Gasteiger partial charge in [-0.15, -0.1) is 0 Å². The molecular formula is C18H14F2N2O4. The number of ether oxygens (including phenoxy) is 2. The summed E-state index contributed by atoms with van der Waals surface area (Å²) in [5.74, 6) is -1.20. The standard InChI is InChI=1S/C18H14F2N2O4/c19-11-5-1-3-7-13(11)21-15(9-25-17(21)23)16-10-26-18(24)22(16)14-8-4-2-6-12(14)20/h1-8,15-16H,9-10H2/t15-,16-/m1/s1. The highest BCUT2D eigenvalue weighted by Crippen LogP contribution is 2.34. The maximum absolute atomic E-state index is 14.2. The normalized spacial score (nSPS) is 22.5. The Hall–Kier alpha value is -3.16. The summed E-state index contributed by atoms with van der Waals surface area (Å²) in [6.07, 6.45) is -1.46. The number of carbonyl (C=O) groups is 2. The van der Waals surface area contributed by atoms with Crippen molar-refractivity contribution in [2.75, 3.05) is 23.0 Å². The van der Waals surface area contributed by atoms with Crippen molar-refractivity contribution in [1.82, 2.24) is 0 Å². The topological polar surface area (TPSA) is 59.1 Å². The zero-order valence-electron chi connectivity index (χ0n) is 13.5. The van der Waals surface area contributed by atoms with Crippen LogP contribution >= 0.6 is 0 Å². The van der Waals surface area contributed by atoms with Gasteiger partial charge >= 0.3 is 12.2 Å². The molecule has 2 atom stereocenters. The van der Waals surface area contributed by atoms with Crippen molar-refractivity contribution in [3.8, 4) is 0 Å². The Morgan fingerprint density at radius 3 is 1.50 bits per heavy atom. The van der Waals surface area contributed by atoms with E-state index < -0.39 is 35.9 Å². The lowest BCUT2D eigenvalue weighted by molar-refractivity contribution is 0.172.